The quantitative estimate of drug-likeness (QED) is 0.801. The molecule has 0 atom stereocenters. The number of ether oxygens (including phenoxy) is 1. The molecule has 3 N–H and O–H groups in total. The molecule has 0 bridgehead atoms. The molecule has 2 amide bonds. The van der Waals surface area contributed by atoms with Crippen molar-refractivity contribution in [1.29, 1.82) is 0 Å². The van der Waals surface area contributed by atoms with E-state index in [1.54, 1.807) is 25.3 Å². The summed E-state index contributed by atoms with van der Waals surface area (Å²) in [5, 5.41) is 14.7. The van der Waals surface area contributed by atoms with Crippen LogP contribution in [0.5, 0.6) is 11.5 Å². The summed E-state index contributed by atoms with van der Waals surface area (Å²) >= 11 is 0. The monoisotopic (exact) mass is 272 g/mol. The Morgan fingerprint density at radius 2 is 1.95 bits per heavy atom. The number of urea groups is 1. The molecule has 0 fully saturated rings. The smallest absolute Gasteiger partial charge is 0.319 e. The second-order valence-corrected chi connectivity index (χ2v) is 4.21. The van der Waals surface area contributed by atoms with Gasteiger partial charge in [-0.2, -0.15) is 0 Å². The fourth-order valence-corrected chi connectivity index (χ4v) is 1.68. The molecule has 104 valence electrons. The van der Waals surface area contributed by atoms with Crippen molar-refractivity contribution in [3.8, 4) is 11.5 Å². The Morgan fingerprint density at radius 3 is 2.60 bits per heavy atom. The van der Waals surface area contributed by atoms with Gasteiger partial charge in [-0.3, -0.25) is 0 Å². The third-order valence-corrected chi connectivity index (χ3v) is 2.72. The van der Waals surface area contributed by atoms with Gasteiger partial charge in [0, 0.05) is 18.3 Å². The van der Waals surface area contributed by atoms with Gasteiger partial charge in [-0.15, -0.1) is 0 Å². The zero-order valence-corrected chi connectivity index (χ0v) is 11.1. The van der Waals surface area contributed by atoms with Gasteiger partial charge in [-0.25, -0.2) is 4.79 Å². The number of rotatable bonds is 4. The van der Waals surface area contributed by atoms with E-state index in [1.165, 1.54) is 6.07 Å². The second kappa shape index (κ2) is 6.47. The van der Waals surface area contributed by atoms with Crippen molar-refractivity contribution in [1.82, 2.24) is 5.32 Å². The van der Waals surface area contributed by atoms with Crippen molar-refractivity contribution in [3.05, 3.63) is 54.1 Å². The summed E-state index contributed by atoms with van der Waals surface area (Å²) in [6.45, 7) is 0.411. The lowest BCUT2D eigenvalue weighted by Crippen LogP contribution is -2.28. The van der Waals surface area contributed by atoms with Gasteiger partial charge in [0.2, 0.25) is 0 Å². The summed E-state index contributed by atoms with van der Waals surface area (Å²) in [6.07, 6.45) is 0. The van der Waals surface area contributed by atoms with Gasteiger partial charge in [0.1, 0.15) is 11.5 Å². The van der Waals surface area contributed by atoms with E-state index < -0.39 is 0 Å². The minimum Gasteiger partial charge on any atom is -0.508 e. The van der Waals surface area contributed by atoms with E-state index in [0.29, 0.717) is 12.2 Å². The maximum absolute atomic E-state index is 11.7. The Morgan fingerprint density at radius 1 is 1.20 bits per heavy atom. The topological polar surface area (TPSA) is 70.6 Å². The molecule has 0 saturated carbocycles. The number of benzene rings is 2. The molecular weight excluding hydrogens is 256 g/mol. The lowest BCUT2D eigenvalue weighted by molar-refractivity contribution is 0.251. The van der Waals surface area contributed by atoms with Crippen LogP contribution in [-0.2, 0) is 6.54 Å². The highest BCUT2D eigenvalue weighted by molar-refractivity contribution is 5.89. The summed E-state index contributed by atoms with van der Waals surface area (Å²) in [6, 6.07) is 13.5. The first-order valence-corrected chi connectivity index (χ1v) is 6.14. The second-order valence-electron chi connectivity index (χ2n) is 4.21. The number of methoxy groups -OCH3 is 1. The van der Waals surface area contributed by atoms with Gasteiger partial charge in [-0.05, 0) is 29.8 Å². The Kier molecular flexibility index (Phi) is 4.44. The lowest BCUT2D eigenvalue weighted by atomic mass is 10.2. The van der Waals surface area contributed by atoms with Gasteiger partial charge in [0.05, 0.1) is 7.11 Å². The molecule has 0 aromatic heterocycles. The molecule has 20 heavy (non-hydrogen) atoms. The molecule has 0 aliphatic heterocycles. The number of nitrogens with one attached hydrogen (secondary N) is 2. The van der Waals surface area contributed by atoms with Gasteiger partial charge in [0.15, 0.2) is 0 Å². The minimum absolute atomic E-state index is 0.109. The number of phenolic OH excluding ortho intramolecular Hbond substituents is 1. The van der Waals surface area contributed by atoms with E-state index in [4.69, 9.17) is 4.74 Å². The van der Waals surface area contributed by atoms with Crippen molar-refractivity contribution in [3.63, 3.8) is 0 Å². The number of hydrogen-bond donors (Lipinski definition) is 3. The van der Waals surface area contributed by atoms with Crippen LogP contribution in [0, 0.1) is 0 Å². The van der Waals surface area contributed by atoms with Gasteiger partial charge < -0.3 is 20.5 Å². The van der Waals surface area contributed by atoms with E-state index in [1.807, 2.05) is 24.3 Å². The molecule has 2 rings (SSSR count). The molecule has 0 aliphatic rings. The normalized spacial score (nSPS) is 9.85. The number of phenols is 1. The maximum atomic E-state index is 11.7. The highest BCUT2D eigenvalue weighted by atomic mass is 16.5. The molecule has 2 aromatic rings. The molecule has 0 unspecified atom stereocenters. The minimum atomic E-state index is -0.327. The highest BCUT2D eigenvalue weighted by Crippen LogP contribution is 2.15. The van der Waals surface area contributed by atoms with Crippen LogP contribution < -0.4 is 15.4 Å². The average molecular weight is 272 g/mol. The molecular formula is C15H16N2O3. The van der Waals surface area contributed by atoms with Crippen LogP contribution >= 0.6 is 0 Å². The molecule has 0 radical (unpaired) electrons. The zero-order valence-electron chi connectivity index (χ0n) is 11.1. The van der Waals surface area contributed by atoms with E-state index in [0.717, 1.165) is 11.3 Å². The number of amides is 2. The van der Waals surface area contributed by atoms with Crippen LogP contribution in [0.3, 0.4) is 0 Å². The predicted molar refractivity (Wildman–Crippen MR) is 77.0 cm³/mol. The summed E-state index contributed by atoms with van der Waals surface area (Å²) < 4.78 is 5.06. The number of carbonyl (C=O) groups is 1. The number of aromatic hydroxyl groups is 1. The van der Waals surface area contributed by atoms with Crippen LogP contribution in [-0.4, -0.2) is 18.2 Å². The Bertz CT molecular complexity index is 582. The maximum Gasteiger partial charge on any atom is 0.319 e. The van der Waals surface area contributed by atoms with E-state index in [2.05, 4.69) is 10.6 Å². The lowest BCUT2D eigenvalue weighted by Gasteiger charge is -2.08. The Balaban J connectivity index is 1.85. The first-order chi connectivity index (χ1) is 9.67. The molecule has 0 saturated heterocycles. The van der Waals surface area contributed by atoms with Crippen molar-refractivity contribution in [2.24, 2.45) is 0 Å². The fraction of sp³-hybridized carbons (Fsp3) is 0.133. The SMILES string of the molecule is COc1ccc(CNC(=O)Nc2cccc(O)c2)cc1. The van der Waals surface area contributed by atoms with Gasteiger partial charge in [0.25, 0.3) is 0 Å². The molecule has 0 heterocycles. The summed E-state index contributed by atoms with van der Waals surface area (Å²) in [4.78, 5) is 11.7. The first kappa shape index (κ1) is 13.7. The van der Waals surface area contributed by atoms with Gasteiger partial charge in [-0.1, -0.05) is 18.2 Å². The molecule has 0 spiro atoms. The number of anilines is 1. The van der Waals surface area contributed by atoms with E-state index >= 15 is 0 Å². The summed E-state index contributed by atoms with van der Waals surface area (Å²) in [5.41, 5.74) is 1.51. The van der Waals surface area contributed by atoms with Crippen LogP contribution in [0.4, 0.5) is 10.5 Å². The molecule has 5 heteroatoms. The van der Waals surface area contributed by atoms with E-state index in [9.17, 15) is 9.90 Å². The largest absolute Gasteiger partial charge is 0.508 e. The van der Waals surface area contributed by atoms with Crippen molar-refractivity contribution < 1.29 is 14.6 Å². The summed E-state index contributed by atoms with van der Waals surface area (Å²) in [5.74, 6) is 0.885. The van der Waals surface area contributed by atoms with Crippen molar-refractivity contribution in [2.75, 3.05) is 12.4 Å². The standard InChI is InChI=1S/C15H16N2O3/c1-20-14-7-5-11(6-8-14)10-16-15(19)17-12-3-2-4-13(18)9-12/h2-9,18H,10H2,1H3,(H2,16,17,19). The van der Waals surface area contributed by atoms with Crippen LogP contribution in [0.2, 0.25) is 0 Å². The van der Waals surface area contributed by atoms with Crippen LogP contribution in [0.15, 0.2) is 48.5 Å². The molecule has 5 nitrogen and oxygen atoms in total. The Hall–Kier alpha value is -2.69. The Labute approximate surface area is 117 Å². The van der Waals surface area contributed by atoms with Crippen LogP contribution in [0.25, 0.3) is 0 Å². The first-order valence-electron chi connectivity index (χ1n) is 6.14. The van der Waals surface area contributed by atoms with Crippen LogP contribution in [0.1, 0.15) is 5.56 Å². The molecule has 2 aromatic carbocycles. The fourth-order valence-electron chi connectivity index (χ4n) is 1.68. The van der Waals surface area contributed by atoms with Crippen molar-refractivity contribution in [2.45, 2.75) is 6.54 Å². The average Bonchev–Trinajstić information content (AvgIpc) is 2.46. The number of hydrogen-bond acceptors (Lipinski definition) is 3. The number of carbonyl (C=O) groups excluding carboxylic acids is 1. The third-order valence-electron chi connectivity index (χ3n) is 2.72. The highest BCUT2D eigenvalue weighted by Gasteiger charge is 2.02. The van der Waals surface area contributed by atoms with Gasteiger partial charge >= 0.3 is 6.03 Å². The molecule has 0 aliphatic carbocycles. The predicted octanol–water partition coefficient (Wildman–Crippen LogP) is 2.72. The third kappa shape index (κ3) is 3.91. The van der Waals surface area contributed by atoms with Crippen molar-refractivity contribution >= 4 is 11.7 Å². The zero-order chi connectivity index (χ0) is 14.4. The van der Waals surface area contributed by atoms with E-state index in [-0.39, 0.29) is 11.8 Å². The summed E-state index contributed by atoms with van der Waals surface area (Å²) in [7, 11) is 1.61.